The Bertz CT molecular complexity index is 1010. The maximum atomic E-state index is 12.7. The molecule has 0 N–H and O–H groups in total. The molecule has 0 aliphatic carbocycles. The van der Waals surface area contributed by atoms with Crippen LogP contribution < -0.4 is 9.47 Å². The van der Waals surface area contributed by atoms with Gasteiger partial charge in [-0.1, -0.05) is 115 Å². The molecule has 1 heterocycles. The highest BCUT2D eigenvalue weighted by Crippen LogP contribution is 2.29. The number of allylic oxidation sites excluding steroid dienone is 1. The molecule has 0 aromatic heterocycles. The predicted octanol–water partition coefficient (Wildman–Crippen LogP) is 11.2. The van der Waals surface area contributed by atoms with Crippen LogP contribution in [0.1, 0.15) is 145 Å². The van der Waals surface area contributed by atoms with Crippen LogP contribution in [-0.4, -0.2) is 25.8 Å². The van der Waals surface area contributed by atoms with Gasteiger partial charge in [0, 0.05) is 11.5 Å². The smallest absolute Gasteiger partial charge is 0.343 e. The lowest BCUT2D eigenvalue weighted by molar-refractivity contribution is -0.206. The second kappa shape index (κ2) is 22.8. The van der Waals surface area contributed by atoms with Crippen LogP contribution in [0.3, 0.4) is 0 Å². The number of hydrogen-bond acceptors (Lipinski definition) is 5. The summed E-state index contributed by atoms with van der Waals surface area (Å²) in [5.41, 5.74) is 1.44. The fourth-order valence-electron chi connectivity index (χ4n) is 5.66. The Morgan fingerprint density at radius 3 is 1.89 bits per heavy atom. The number of esters is 1. The molecule has 0 atom stereocenters. The standard InChI is InChI=1S/C39H58O5/c1-3-5-7-9-11-13-14-16-18-20-30-41-36-26-22-34(23-27-36)38(40)44-37-28-24-35(25-29-37)39-42-31-33(32-43-39)21-19-17-15-12-10-8-6-4-2/h3,22-29,33,39H,1,4-21,30-32H2,2H3. The Kier molecular flexibility index (Phi) is 18.6. The summed E-state index contributed by atoms with van der Waals surface area (Å²) in [6.45, 7) is 8.20. The molecule has 5 heteroatoms. The van der Waals surface area contributed by atoms with E-state index in [1.807, 2.05) is 30.3 Å². The van der Waals surface area contributed by atoms with Gasteiger partial charge in [0.25, 0.3) is 0 Å². The number of carbonyl (C=O) groups is 1. The van der Waals surface area contributed by atoms with Gasteiger partial charge in [-0.2, -0.15) is 0 Å². The third-order valence-electron chi connectivity index (χ3n) is 8.46. The largest absolute Gasteiger partial charge is 0.494 e. The van der Waals surface area contributed by atoms with E-state index in [4.69, 9.17) is 18.9 Å². The maximum Gasteiger partial charge on any atom is 0.343 e. The highest BCUT2D eigenvalue weighted by atomic mass is 16.7. The summed E-state index contributed by atoms with van der Waals surface area (Å²) in [5.74, 6) is 1.36. The maximum absolute atomic E-state index is 12.7. The van der Waals surface area contributed by atoms with Crippen molar-refractivity contribution < 1.29 is 23.7 Å². The number of carbonyl (C=O) groups excluding carboxylic acids is 1. The van der Waals surface area contributed by atoms with E-state index in [0.717, 1.165) is 37.4 Å². The normalized spacial score (nSPS) is 16.5. The van der Waals surface area contributed by atoms with Crippen LogP contribution in [0, 0.1) is 5.92 Å². The molecular weight excluding hydrogens is 548 g/mol. The van der Waals surface area contributed by atoms with E-state index in [0.29, 0.717) is 23.8 Å². The lowest BCUT2D eigenvalue weighted by Crippen LogP contribution is -2.27. The van der Waals surface area contributed by atoms with Crippen molar-refractivity contribution in [3.8, 4) is 11.5 Å². The third kappa shape index (κ3) is 14.9. The molecule has 0 amide bonds. The van der Waals surface area contributed by atoms with Crippen LogP contribution in [0.4, 0.5) is 0 Å². The highest BCUT2D eigenvalue weighted by molar-refractivity contribution is 5.91. The minimum atomic E-state index is -0.386. The highest BCUT2D eigenvalue weighted by Gasteiger charge is 2.23. The minimum absolute atomic E-state index is 0.362. The first-order valence-electron chi connectivity index (χ1n) is 17.6. The lowest BCUT2D eigenvalue weighted by Gasteiger charge is -2.29. The van der Waals surface area contributed by atoms with Crippen molar-refractivity contribution in [1.29, 1.82) is 0 Å². The number of unbranched alkanes of at least 4 members (excludes halogenated alkanes) is 15. The van der Waals surface area contributed by atoms with Crippen LogP contribution in [0.25, 0.3) is 0 Å². The Morgan fingerprint density at radius 1 is 0.727 bits per heavy atom. The Labute approximate surface area is 267 Å². The van der Waals surface area contributed by atoms with Crippen LogP contribution >= 0.6 is 0 Å². The molecule has 1 aliphatic rings. The molecule has 1 saturated heterocycles. The first-order valence-corrected chi connectivity index (χ1v) is 17.6. The molecule has 0 bridgehead atoms. The summed E-state index contributed by atoms with van der Waals surface area (Å²) in [7, 11) is 0. The van der Waals surface area contributed by atoms with Crippen LogP contribution in [-0.2, 0) is 9.47 Å². The Hall–Kier alpha value is -2.63. The van der Waals surface area contributed by atoms with Gasteiger partial charge in [-0.15, -0.1) is 6.58 Å². The molecular formula is C39H58O5. The average Bonchev–Trinajstić information content (AvgIpc) is 3.06. The summed E-state index contributed by atoms with van der Waals surface area (Å²) < 4.78 is 23.5. The molecule has 44 heavy (non-hydrogen) atoms. The summed E-state index contributed by atoms with van der Waals surface area (Å²) >= 11 is 0. The molecule has 0 spiro atoms. The van der Waals surface area contributed by atoms with Gasteiger partial charge >= 0.3 is 5.97 Å². The lowest BCUT2D eigenvalue weighted by atomic mass is 10.0. The van der Waals surface area contributed by atoms with Crippen molar-refractivity contribution in [2.24, 2.45) is 5.92 Å². The van der Waals surface area contributed by atoms with E-state index in [-0.39, 0.29) is 12.3 Å². The van der Waals surface area contributed by atoms with Gasteiger partial charge in [0.05, 0.1) is 25.4 Å². The predicted molar refractivity (Wildman–Crippen MR) is 180 cm³/mol. The van der Waals surface area contributed by atoms with Gasteiger partial charge in [-0.3, -0.25) is 0 Å². The number of rotatable bonds is 24. The third-order valence-corrected chi connectivity index (χ3v) is 8.46. The minimum Gasteiger partial charge on any atom is -0.494 e. The van der Waals surface area contributed by atoms with Crippen molar-refractivity contribution in [2.45, 2.75) is 129 Å². The topological polar surface area (TPSA) is 54.0 Å². The van der Waals surface area contributed by atoms with E-state index in [9.17, 15) is 4.79 Å². The van der Waals surface area contributed by atoms with Crippen molar-refractivity contribution >= 4 is 5.97 Å². The molecule has 244 valence electrons. The zero-order chi connectivity index (χ0) is 31.1. The molecule has 0 saturated carbocycles. The van der Waals surface area contributed by atoms with E-state index < -0.39 is 0 Å². The molecule has 1 fully saturated rings. The average molecular weight is 607 g/mol. The zero-order valence-electron chi connectivity index (χ0n) is 27.4. The van der Waals surface area contributed by atoms with Crippen LogP contribution in [0.2, 0.25) is 0 Å². The van der Waals surface area contributed by atoms with E-state index in [1.165, 1.54) is 103 Å². The molecule has 5 nitrogen and oxygen atoms in total. The van der Waals surface area contributed by atoms with Crippen molar-refractivity contribution in [2.75, 3.05) is 19.8 Å². The quantitative estimate of drug-likeness (QED) is 0.0515. The Balaban J connectivity index is 1.25. The van der Waals surface area contributed by atoms with Gasteiger partial charge in [0.1, 0.15) is 11.5 Å². The molecule has 3 rings (SSSR count). The van der Waals surface area contributed by atoms with Crippen LogP contribution in [0.15, 0.2) is 61.2 Å². The molecule has 2 aromatic rings. The molecule has 1 aliphatic heterocycles. The monoisotopic (exact) mass is 606 g/mol. The molecule has 2 aromatic carbocycles. The molecule has 0 unspecified atom stereocenters. The second-order valence-corrected chi connectivity index (χ2v) is 12.4. The summed E-state index contributed by atoms with van der Waals surface area (Å²) in [6.07, 6.45) is 24.7. The number of benzene rings is 2. The SMILES string of the molecule is C=CCCCCCCCCCCOc1ccc(C(=O)Oc2ccc(C3OCC(CCCCCCCCCC)CO3)cc2)cc1. The molecule has 0 radical (unpaired) electrons. The van der Waals surface area contributed by atoms with Gasteiger partial charge in [0.2, 0.25) is 0 Å². The van der Waals surface area contributed by atoms with Gasteiger partial charge < -0.3 is 18.9 Å². The van der Waals surface area contributed by atoms with Crippen molar-refractivity contribution in [1.82, 2.24) is 0 Å². The Morgan fingerprint density at radius 2 is 1.27 bits per heavy atom. The van der Waals surface area contributed by atoms with E-state index in [2.05, 4.69) is 13.5 Å². The van der Waals surface area contributed by atoms with Crippen LogP contribution in [0.5, 0.6) is 11.5 Å². The zero-order valence-corrected chi connectivity index (χ0v) is 27.4. The summed E-state index contributed by atoms with van der Waals surface area (Å²) in [5, 5.41) is 0. The van der Waals surface area contributed by atoms with E-state index in [1.54, 1.807) is 24.3 Å². The first kappa shape index (κ1) is 35.8. The van der Waals surface area contributed by atoms with Crippen molar-refractivity contribution in [3.05, 3.63) is 72.3 Å². The van der Waals surface area contributed by atoms with Crippen molar-refractivity contribution in [3.63, 3.8) is 0 Å². The summed E-state index contributed by atoms with van der Waals surface area (Å²) in [4.78, 5) is 12.7. The summed E-state index contributed by atoms with van der Waals surface area (Å²) in [6, 6.07) is 14.6. The second-order valence-electron chi connectivity index (χ2n) is 12.4. The first-order chi connectivity index (χ1) is 21.7. The van der Waals surface area contributed by atoms with Gasteiger partial charge in [-0.05, 0) is 62.1 Å². The fraction of sp³-hybridized carbons (Fsp3) is 0.615. The van der Waals surface area contributed by atoms with E-state index >= 15 is 0 Å². The fourth-order valence-corrected chi connectivity index (χ4v) is 5.66. The number of hydrogen-bond donors (Lipinski definition) is 0. The number of ether oxygens (including phenoxy) is 4. The van der Waals surface area contributed by atoms with Gasteiger partial charge in [0.15, 0.2) is 6.29 Å². The van der Waals surface area contributed by atoms with Gasteiger partial charge in [-0.25, -0.2) is 4.79 Å².